The van der Waals surface area contributed by atoms with E-state index in [9.17, 15) is 18.7 Å². The van der Waals surface area contributed by atoms with Crippen LogP contribution in [-0.4, -0.2) is 66.0 Å². The number of likely N-dealkylation sites (tertiary alicyclic amines) is 1. The van der Waals surface area contributed by atoms with Gasteiger partial charge in [-0.15, -0.1) is 0 Å². The summed E-state index contributed by atoms with van der Waals surface area (Å²) < 4.78 is 31.3. The maximum atomic E-state index is 14.8. The van der Waals surface area contributed by atoms with E-state index in [1.165, 1.54) is 6.07 Å². The maximum absolute atomic E-state index is 14.8. The largest absolute Gasteiger partial charge is 0.465 e. The number of nitrogens with zero attached hydrogens (tertiary/aromatic N) is 5. The highest BCUT2D eigenvalue weighted by Gasteiger charge is 2.30. The first-order chi connectivity index (χ1) is 15.2. The summed E-state index contributed by atoms with van der Waals surface area (Å²) in [5.74, 6) is -0.589. The number of nitrogens with one attached hydrogen (secondary N) is 1. The van der Waals surface area contributed by atoms with Crippen molar-refractivity contribution >= 4 is 23.1 Å². The van der Waals surface area contributed by atoms with E-state index in [0.717, 1.165) is 11.1 Å². The molecule has 3 N–H and O–H groups in total. The Morgan fingerprint density at radius 1 is 1.25 bits per heavy atom. The molecule has 0 bridgehead atoms. The molecule has 2 unspecified atom stereocenters. The number of β-amino-alcohol motifs (C(OH)–C–C–N with tert-alkyl or cyclic N) is 1. The molecule has 9 nitrogen and oxygen atoms in total. The summed E-state index contributed by atoms with van der Waals surface area (Å²) in [6.45, 7) is 5.87. The Balaban J connectivity index is 1.67. The van der Waals surface area contributed by atoms with Crippen LogP contribution in [0.25, 0.3) is 22.3 Å². The van der Waals surface area contributed by atoms with Gasteiger partial charge in [-0.25, -0.2) is 28.5 Å². The van der Waals surface area contributed by atoms with Crippen LogP contribution in [-0.2, 0) is 0 Å². The molecule has 32 heavy (non-hydrogen) atoms. The average molecular weight is 446 g/mol. The zero-order valence-electron chi connectivity index (χ0n) is 17.9. The number of fused-ring (bicyclic) bond motifs is 1. The summed E-state index contributed by atoms with van der Waals surface area (Å²) in [6, 6.07) is 2.36. The quantitative estimate of drug-likeness (QED) is 0.564. The zero-order chi connectivity index (χ0) is 23.2. The fourth-order valence-corrected chi connectivity index (χ4v) is 4.14. The number of hydrogen-bond acceptors (Lipinski definition) is 6. The molecule has 2 aromatic heterocycles. The molecule has 3 heterocycles. The summed E-state index contributed by atoms with van der Waals surface area (Å²) in [7, 11) is 0. The van der Waals surface area contributed by atoms with Crippen molar-refractivity contribution in [2.24, 2.45) is 0 Å². The summed E-state index contributed by atoms with van der Waals surface area (Å²) in [6.07, 6.45) is -0.765. The van der Waals surface area contributed by atoms with Gasteiger partial charge in [-0.2, -0.15) is 0 Å². The zero-order valence-corrected chi connectivity index (χ0v) is 17.9. The molecule has 1 saturated heterocycles. The monoisotopic (exact) mass is 446 g/mol. The molecule has 1 amide bonds. The first-order valence-corrected chi connectivity index (χ1v) is 10.3. The molecule has 2 atom stereocenters. The van der Waals surface area contributed by atoms with Gasteiger partial charge in [0, 0.05) is 18.2 Å². The molecule has 11 heteroatoms. The standard InChI is InChI=1S/C21H24F2N6O3/c1-10(2)29-11(3)25-19-13(22)6-12(7-16(19)29)18-14(23)8-24-20(27-18)26-15-4-5-28(21(31)32)9-17(15)30/h6-8,10,15,17,30H,4-5,9H2,1-3H3,(H,31,32)(H,24,26,27). The molecular weight excluding hydrogens is 422 g/mol. The minimum Gasteiger partial charge on any atom is -0.465 e. The Bertz CT molecular complexity index is 1180. The summed E-state index contributed by atoms with van der Waals surface area (Å²) >= 11 is 0. The van der Waals surface area contributed by atoms with E-state index in [1.807, 2.05) is 18.4 Å². The van der Waals surface area contributed by atoms with Crippen LogP contribution >= 0.6 is 0 Å². The average Bonchev–Trinajstić information content (AvgIpc) is 3.07. The van der Waals surface area contributed by atoms with E-state index >= 15 is 0 Å². The molecule has 0 spiro atoms. The van der Waals surface area contributed by atoms with E-state index in [-0.39, 0.29) is 41.9 Å². The first kappa shape index (κ1) is 21.9. The van der Waals surface area contributed by atoms with Gasteiger partial charge in [0.25, 0.3) is 0 Å². The van der Waals surface area contributed by atoms with Crippen molar-refractivity contribution in [1.29, 1.82) is 0 Å². The van der Waals surface area contributed by atoms with Crippen molar-refractivity contribution in [2.75, 3.05) is 18.4 Å². The van der Waals surface area contributed by atoms with Gasteiger partial charge in [0.2, 0.25) is 5.95 Å². The van der Waals surface area contributed by atoms with Crippen molar-refractivity contribution in [3.05, 3.63) is 35.8 Å². The normalized spacial score (nSPS) is 19.0. The second-order valence-electron chi connectivity index (χ2n) is 8.17. The number of imidazole rings is 1. The predicted molar refractivity (Wildman–Crippen MR) is 113 cm³/mol. The van der Waals surface area contributed by atoms with Crippen LogP contribution in [0.1, 0.15) is 32.1 Å². The number of aliphatic hydroxyl groups is 1. The Morgan fingerprint density at radius 2 is 2.00 bits per heavy atom. The Kier molecular flexibility index (Phi) is 5.68. The van der Waals surface area contributed by atoms with Crippen molar-refractivity contribution in [1.82, 2.24) is 24.4 Å². The van der Waals surface area contributed by atoms with Crippen LogP contribution in [0, 0.1) is 18.6 Å². The Labute approximate surface area is 182 Å². The van der Waals surface area contributed by atoms with E-state index < -0.39 is 29.9 Å². The lowest BCUT2D eigenvalue weighted by Crippen LogP contribution is -2.51. The van der Waals surface area contributed by atoms with Crippen molar-refractivity contribution < 1.29 is 23.8 Å². The van der Waals surface area contributed by atoms with E-state index in [2.05, 4.69) is 20.3 Å². The molecule has 170 valence electrons. The van der Waals surface area contributed by atoms with Crippen LogP contribution in [0.3, 0.4) is 0 Å². The third-order valence-electron chi connectivity index (χ3n) is 5.63. The number of anilines is 1. The van der Waals surface area contributed by atoms with Crippen LogP contribution in [0.15, 0.2) is 18.3 Å². The molecule has 1 fully saturated rings. The molecule has 0 aliphatic carbocycles. The number of hydrogen-bond donors (Lipinski definition) is 3. The number of aromatic nitrogens is 4. The number of amides is 1. The van der Waals surface area contributed by atoms with Crippen LogP contribution < -0.4 is 5.32 Å². The summed E-state index contributed by atoms with van der Waals surface area (Å²) in [5.41, 5.74) is 0.897. The number of carboxylic acid groups (broad SMARTS) is 1. The van der Waals surface area contributed by atoms with Gasteiger partial charge in [-0.1, -0.05) is 0 Å². The number of halogens is 2. The molecule has 1 aromatic carbocycles. The third kappa shape index (κ3) is 3.95. The minimum absolute atomic E-state index is 0.0280. The highest BCUT2D eigenvalue weighted by molar-refractivity contribution is 5.83. The summed E-state index contributed by atoms with van der Waals surface area (Å²) in [5, 5.41) is 22.3. The number of benzene rings is 1. The highest BCUT2D eigenvalue weighted by atomic mass is 19.1. The second kappa shape index (κ2) is 8.30. The number of piperidine rings is 1. The minimum atomic E-state index is -1.10. The topological polar surface area (TPSA) is 116 Å². The lowest BCUT2D eigenvalue weighted by atomic mass is 10.0. The second-order valence-corrected chi connectivity index (χ2v) is 8.17. The van der Waals surface area contributed by atoms with E-state index in [1.54, 1.807) is 13.0 Å². The molecule has 1 aliphatic rings. The van der Waals surface area contributed by atoms with Gasteiger partial charge in [-0.3, -0.25) is 0 Å². The maximum Gasteiger partial charge on any atom is 0.407 e. The van der Waals surface area contributed by atoms with Gasteiger partial charge >= 0.3 is 6.09 Å². The molecule has 0 radical (unpaired) electrons. The van der Waals surface area contributed by atoms with E-state index in [0.29, 0.717) is 17.8 Å². The molecule has 1 aliphatic heterocycles. The lowest BCUT2D eigenvalue weighted by Gasteiger charge is -2.34. The Hall–Kier alpha value is -3.34. The van der Waals surface area contributed by atoms with Crippen LogP contribution in [0.5, 0.6) is 0 Å². The predicted octanol–water partition coefficient (Wildman–Crippen LogP) is 3.19. The Morgan fingerprint density at radius 3 is 2.66 bits per heavy atom. The van der Waals surface area contributed by atoms with Crippen molar-refractivity contribution in [2.45, 2.75) is 45.4 Å². The molecule has 3 aromatic rings. The van der Waals surface area contributed by atoms with Crippen LogP contribution in [0.4, 0.5) is 19.5 Å². The number of carbonyl (C=O) groups is 1. The fourth-order valence-electron chi connectivity index (χ4n) is 4.14. The van der Waals surface area contributed by atoms with Crippen molar-refractivity contribution in [3.8, 4) is 11.3 Å². The fraction of sp³-hybridized carbons (Fsp3) is 0.429. The summed E-state index contributed by atoms with van der Waals surface area (Å²) in [4.78, 5) is 24.6. The third-order valence-corrected chi connectivity index (χ3v) is 5.63. The lowest BCUT2D eigenvalue weighted by molar-refractivity contribution is 0.0573. The van der Waals surface area contributed by atoms with Gasteiger partial charge < -0.3 is 25.0 Å². The highest BCUT2D eigenvalue weighted by Crippen LogP contribution is 2.30. The number of aliphatic hydroxyl groups excluding tert-OH is 1. The SMILES string of the molecule is Cc1nc2c(F)cc(-c3nc(NC4CCN(C(=O)O)CC4O)ncc3F)cc2n1C(C)C. The van der Waals surface area contributed by atoms with Gasteiger partial charge in [0.05, 0.1) is 30.4 Å². The van der Waals surface area contributed by atoms with Gasteiger partial charge in [0.1, 0.15) is 17.0 Å². The molecule has 4 rings (SSSR count). The van der Waals surface area contributed by atoms with Gasteiger partial charge in [0.15, 0.2) is 11.6 Å². The first-order valence-electron chi connectivity index (χ1n) is 10.3. The smallest absolute Gasteiger partial charge is 0.407 e. The van der Waals surface area contributed by atoms with Crippen molar-refractivity contribution in [3.63, 3.8) is 0 Å². The molecular formula is C21H24F2N6O3. The number of aryl methyl sites for hydroxylation is 1. The van der Waals surface area contributed by atoms with E-state index in [4.69, 9.17) is 5.11 Å². The number of rotatable bonds is 4. The van der Waals surface area contributed by atoms with Crippen LogP contribution in [0.2, 0.25) is 0 Å². The van der Waals surface area contributed by atoms with Gasteiger partial charge in [-0.05, 0) is 39.3 Å². The molecule has 0 saturated carbocycles.